The van der Waals surface area contributed by atoms with Crippen LogP contribution in [-0.2, 0) is 16.1 Å². The highest BCUT2D eigenvalue weighted by Crippen LogP contribution is 2.36. The van der Waals surface area contributed by atoms with E-state index in [2.05, 4.69) is 12.6 Å². The maximum Gasteiger partial charge on any atom is 0.142 e. The normalized spacial score (nSPS) is 18.8. The topological polar surface area (TPSA) is 46.6 Å². The third-order valence-corrected chi connectivity index (χ3v) is 4.82. The first-order chi connectivity index (χ1) is 11.2. The van der Waals surface area contributed by atoms with Crippen LogP contribution >= 0.6 is 0 Å². The Morgan fingerprint density at radius 3 is 2.78 bits per heavy atom. The molecule has 2 aliphatic rings. The maximum absolute atomic E-state index is 11.4. The Morgan fingerprint density at radius 1 is 1.30 bits per heavy atom. The number of rotatable bonds is 7. The van der Waals surface area contributed by atoms with Gasteiger partial charge >= 0.3 is 0 Å². The number of benzene rings is 1. The lowest BCUT2D eigenvalue weighted by molar-refractivity contribution is -0.112. The van der Waals surface area contributed by atoms with E-state index in [1.54, 1.807) is 0 Å². The zero-order valence-electron chi connectivity index (χ0n) is 13.4. The minimum atomic E-state index is -0.292. The summed E-state index contributed by atoms with van der Waals surface area (Å²) in [5.74, 6) is 0.904. The number of carbonyl (C=O) groups excluding carboxylic acids is 2. The second kappa shape index (κ2) is 6.99. The van der Waals surface area contributed by atoms with Crippen molar-refractivity contribution < 1.29 is 14.3 Å². The van der Waals surface area contributed by atoms with Crippen LogP contribution in [0, 0.1) is 0 Å². The Balaban J connectivity index is 1.73. The molecule has 4 heteroatoms. The molecule has 0 radical (unpaired) electrons. The molecule has 23 heavy (non-hydrogen) atoms. The summed E-state index contributed by atoms with van der Waals surface area (Å²) in [5, 5.41) is 0. The SMILES string of the molecule is C=C1c2ccc(OC3CCCC3)cc2CN1C(C=O)CCC=O. The Labute approximate surface area is 137 Å². The van der Waals surface area contributed by atoms with E-state index < -0.39 is 0 Å². The van der Waals surface area contributed by atoms with Crippen LogP contribution in [0.5, 0.6) is 5.75 Å². The van der Waals surface area contributed by atoms with Crippen molar-refractivity contribution in [3.63, 3.8) is 0 Å². The summed E-state index contributed by atoms with van der Waals surface area (Å²) >= 11 is 0. The molecule has 0 spiro atoms. The summed E-state index contributed by atoms with van der Waals surface area (Å²) in [6, 6.07) is 5.80. The van der Waals surface area contributed by atoms with Gasteiger partial charge in [0.25, 0.3) is 0 Å². The fraction of sp³-hybridized carbons (Fsp3) is 0.474. The molecule has 1 fully saturated rings. The van der Waals surface area contributed by atoms with Crippen molar-refractivity contribution in [3.8, 4) is 5.75 Å². The van der Waals surface area contributed by atoms with Crippen LogP contribution in [0.1, 0.15) is 49.7 Å². The number of aldehydes is 2. The van der Waals surface area contributed by atoms with E-state index in [0.717, 1.165) is 48.0 Å². The first kappa shape index (κ1) is 15.8. The monoisotopic (exact) mass is 313 g/mol. The van der Waals surface area contributed by atoms with E-state index in [9.17, 15) is 9.59 Å². The Bertz CT molecular complexity index is 605. The quantitative estimate of drug-likeness (QED) is 0.724. The van der Waals surface area contributed by atoms with E-state index >= 15 is 0 Å². The minimum Gasteiger partial charge on any atom is -0.490 e. The molecule has 0 N–H and O–H groups in total. The zero-order valence-corrected chi connectivity index (χ0v) is 13.4. The van der Waals surface area contributed by atoms with Crippen molar-refractivity contribution in [2.45, 2.75) is 57.2 Å². The predicted octanol–water partition coefficient (Wildman–Crippen LogP) is 3.34. The molecule has 0 saturated heterocycles. The molecular weight excluding hydrogens is 290 g/mol. The van der Waals surface area contributed by atoms with Crippen molar-refractivity contribution >= 4 is 18.3 Å². The van der Waals surface area contributed by atoms with Gasteiger partial charge in [0.1, 0.15) is 18.3 Å². The molecule has 1 aromatic rings. The fourth-order valence-electron chi connectivity index (χ4n) is 3.54. The van der Waals surface area contributed by atoms with E-state index in [1.807, 2.05) is 17.0 Å². The zero-order chi connectivity index (χ0) is 16.2. The molecular formula is C19H23NO3. The lowest BCUT2D eigenvalue weighted by Crippen LogP contribution is -2.31. The van der Waals surface area contributed by atoms with Crippen molar-refractivity contribution in [2.75, 3.05) is 0 Å². The van der Waals surface area contributed by atoms with Gasteiger partial charge in [-0.25, -0.2) is 0 Å². The molecule has 3 rings (SSSR count). The fourth-order valence-corrected chi connectivity index (χ4v) is 3.54. The predicted molar refractivity (Wildman–Crippen MR) is 89.1 cm³/mol. The third-order valence-electron chi connectivity index (χ3n) is 4.82. The van der Waals surface area contributed by atoms with Gasteiger partial charge in [0.2, 0.25) is 0 Å². The summed E-state index contributed by atoms with van der Waals surface area (Å²) < 4.78 is 6.06. The van der Waals surface area contributed by atoms with Crippen molar-refractivity contribution in [1.82, 2.24) is 4.90 Å². The molecule has 1 unspecified atom stereocenters. The van der Waals surface area contributed by atoms with Gasteiger partial charge < -0.3 is 19.2 Å². The number of ether oxygens (including phenoxy) is 1. The Hall–Kier alpha value is -2.10. The van der Waals surface area contributed by atoms with E-state index in [4.69, 9.17) is 4.74 Å². The van der Waals surface area contributed by atoms with Gasteiger partial charge in [-0.3, -0.25) is 0 Å². The van der Waals surface area contributed by atoms with Gasteiger partial charge in [-0.2, -0.15) is 0 Å². The second-order valence-electron chi connectivity index (χ2n) is 6.37. The van der Waals surface area contributed by atoms with Crippen molar-refractivity contribution in [2.24, 2.45) is 0 Å². The van der Waals surface area contributed by atoms with Crippen molar-refractivity contribution in [3.05, 3.63) is 35.9 Å². The molecule has 1 saturated carbocycles. The number of nitrogens with zero attached hydrogens (tertiary/aromatic N) is 1. The number of carbonyl (C=O) groups is 2. The van der Waals surface area contributed by atoms with E-state index in [-0.39, 0.29) is 6.04 Å². The first-order valence-corrected chi connectivity index (χ1v) is 8.37. The highest BCUT2D eigenvalue weighted by atomic mass is 16.5. The maximum atomic E-state index is 11.4. The molecule has 1 aromatic carbocycles. The molecule has 1 atom stereocenters. The average molecular weight is 313 g/mol. The lowest BCUT2D eigenvalue weighted by Gasteiger charge is -2.25. The lowest BCUT2D eigenvalue weighted by atomic mass is 10.1. The van der Waals surface area contributed by atoms with Gasteiger partial charge in [-0.15, -0.1) is 0 Å². The second-order valence-corrected chi connectivity index (χ2v) is 6.37. The molecule has 4 nitrogen and oxygen atoms in total. The summed E-state index contributed by atoms with van der Waals surface area (Å²) in [5.41, 5.74) is 3.07. The molecule has 0 amide bonds. The Morgan fingerprint density at radius 2 is 2.09 bits per heavy atom. The average Bonchev–Trinajstić information content (AvgIpc) is 3.17. The van der Waals surface area contributed by atoms with Crippen LogP contribution in [0.15, 0.2) is 24.8 Å². The summed E-state index contributed by atoms with van der Waals surface area (Å²) in [6.45, 7) is 4.78. The van der Waals surface area contributed by atoms with Crippen LogP contribution in [0.2, 0.25) is 0 Å². The van der Waals surface area contributed by atoms with Gasteiger partial charge in [-0.1, -0.05) is 6.58 Å². The number of hydrogen-bond donors (Lipinski definition) is 0. The molecule has 1 aliphatic heterocycles. The number of hydrogen-bond acceptors (Lipinski definition) is 4. The van der Waals surface area contributed by atoms with Crippen LogP contribution in [-0.4, -0.2) is 29.6 Å². The molecule has 122 valence electrons. The first-order valence-electron chi connectivity index (χ1n) is 8.37. The van der Waals surface area contributed by atoms with Gasteiger partial charge in [0.15, 0.2) is 0 Å². The highest BCUT2D eigenvalue weighted by molar-refractivity contribution is 5.73. The molecule has 0 bridgehead atoms. The van der Waals surface area contributed by atoms with Gasteiger partial charge in [0.05, 0.1) is 12.1 Å². The van der Waals surface area contributed by atoms with Gasteiger partial charge in [0, 0.05) is 24.2 Å². The Kier molecular flexibility index (Phi) is 4.79. The minimum absolute atomic E-state index is 0.292. The highest BCUT2D eigenvalue weighted by Gasteiger charge is 2.28. The van der Waals surface area contributed by atoms with Crippen LogP contribution in [0.25, 0.3) is 5.70 Å². The summed E-state index contributed by atoms with van der Waals surface area (Å²) in [4.78, 5) is 23.9. The molecule has 1 heterocycles. The smallest absolute Gasteiger partial charge is 0.142 e. The number of fused-ring (bicyclic) bond motifs is 1. The van der Waals surface area contributed by atoms with Crippen LogP contribution < -0.4 is 4.74 Å². The molecule has 0 aromatic heterocycles. The van der Waals surface area contributed by atoms with Gasteiger partial charge in [-0.05, 0) is 55.9 Å². The summed E-state index contributed by atoms with van der Waals surface area (Å²) in [7, 11) is 0. The van der Waals surface area contributed by atoms with E-state index in [0.29, 0.717) is 25.5 Å². The van der Waals surface area contributed by atoms with E-state index in [1.165, 1.54) is 12.8 Å². The van der Waals surface area contributed by atoms with Crippen LogP contribution in [0.3, 0.4) is 0 Å². The molecule has 1 aliphatic carbocycles. The largest absolute Gasteiger partial charge is 0.490 e. The van der Waals surface area contributed by atoms with Crippen molar-refractivity contribution in [1.29, 1.82) is 0 Å². The third kappa shape index (κ3) is 3.31. The van der Waals surface area contributed by atoms with Crippen LogP contribution in [0.4, 0.5) is 0 Å². The standard InChI is InChI=1S/C19H23NO3/c1-14-19-9-8-18(23-17-6-2-3-7-17)11-15(19)12-20(14)16(13-22)5-4-10-21/h8-11,13,16-17H,1-7,12H2. The summed E-state index contributed by atoms with van der Waals surface area (Å²) in [6.07, 6.45) is 7.79.